The number of halogens is 3. The number of likely N-dealkylation sites (tertiary alicyclic amines) is 1. The molecule has 10 rings (SSSR count). The second-order valence-corrected chi connectivity index (χ2v) is 17.1. The van der Waals surface area contributed by atoms with E-state index in [1.807, 2.05) is 18.2 Å². The molecular weight excluding hydrogens is 687 g/mol. The minimum atomic E-state index is 0. The van der Waals surface area contributed by atoms with Crippen molar-refractivity contribution in [3.05, 3.63) is 81.9 Å². The van der Waals surface area contributed by atoms with E-state index in [-0.39, 0.29) is 12.4 Å². The summed E-state index contributed by atoms with van der Waals surface area (Å²) < 4.78 is 11.6. The van der Waals surface area contributed by atoms with Crippen molar-refractivity contribution in [1.29, 1.82) is 0 Å². The van der Waals surface area contributed by atoms with Gasteiger partial charge < -0.3 is 24.5 Å². The Balaban J connectivity index is 0.000000130. The van der Waals surface area contributed by atoms with Gasteiger partial charge in [-0.3, -0.25) is 0 Å². The maximum atomic E-state index is 10.4. The predicted molar refractivity (Wildman–Crippen MR) is 205 cm³/mol. The molecule has 2 saturated heterocycles. The molecule has 2 saturated carbocycles. The summed E-state index contributed by atoms with van der Waals surface area (Å²) in [6, 6.07) is 12.2. The van der Waals surface area contributed by atoms with Crippen LogP contribution in [0.5, 0.6) is 11.5 Å². The lowest BCUT2D eigenvalue weighted by Crippen LogP contribution is -2.46. The van der Waals surface area contributed by atoms with Crippen molar-refractivity contribution in [1.82, 2.24) is 10.2 Å². The zero-order chi connectivity index (χ0) is 33.4. The molecule has 4 heterocycles. The SMILES string of the molecule is Cl.Clc1ccc2c(c1)C1(CCNCC1)CCO2.Clc1ccc2c(c1)C1(CCO2)CCN(C[C@@H]2C[C@@H]3C=C[C@H]2C3)CC1.O=C[C@@H]1C[C@@H]2C=C[C@H]1C2. The van der Waals surface area contributed by atoms with Crippen LogP contribution in [0.1, 0.15) is 75.3 Å². The monoisotopic (exact) mass is 738 g/mol. The highest BCUT2D eigenvalue weighted by atomic mass is 35.5. The van der Waals surface area contributed by atoms with E-state index < -0.39 is 0 Å². The fourth-order valence-corrected chi connectivity index (χ4v) is 10.9. The van der Waals surface area contributed by atoms with Gasteiger partial charge in [0.1, 0.15) is 17.8 Å². The van der Waals surface area contributed by atoms with Crippen LogP contribution in [0.3, 0.4) is 0 Å². The Morgan fingerprint density at radius 1 is 0.720 bits per heavy atom. The first-order chi connectivity index (χ1) is 23.9. The van der Waals surface area contributed by atoms with Gasteiger partial charge in [-0.15, -0.1) is 12.4 Å². The molecule has 1 N–H and O–H groups in total. The third-order valence-corrected chi connectivity index (χ3v) is 14.0. The number of rotatable bonds is 3. The molecule has 0 radical (unpaired) electrons. The molecule has 4 aliphatic carbocycles. The summed E-state index contributed by atoms with van der Waals surface area (Å²) in [5.41, 5.74) is 3.30. The largest absolute Gasteiger partial charge is 0.493 e. The molecule has 0 aromatic heterocycles. The summed E-state index contributed by atoms with van der Waals surface area (Å²) in [6.45, 7) is 7.66. The van der Waals surface area contributed by atoms with Crippen LogP contribution in [0, 0.1) is 35.5 Å². The molecule has 8 aliphatic rings. The summed E-state index contributed by atoms with van der Waals surface area (Å²) in [4.78, 5) is 13.1. The highest BCUT2D eigenvalue weighted by molar-refractivity contribution is 6.31. The Morgan fingerprint density at radius 3 is 1.76 bits per heavy atom. The topological polar surface area (TPSA) is 50.8 Å². The van der Waals surface area contributed by atoms with Crippen molar-refractivity contribution in [2.45, 2.75) is 75.0 Å². The minimum absolute atomic E-state index is 0. The quantitative estimate of drug-likeness (QED) is 0.251. The van der Waals surface area contributed by atoms with Crippen LogP contribution in [0.15, 0.2) is 60.7 Å². The summed E-state index contributed by atoms with van der Waals surface area (Å²) in [7, 11) is 0. The Labute approximate surface area is 314 Å². The van der Waals surface area contributed by atoms with Crippen molar-refractivity contribution in [3.8, 4) is 11.5 Å². The van der Waals surface area contributed by atoms with Gasteiger partial charge in [0.15, 0.2) is 0 Å². The number of carbonyl (C=O) groups is 1. The zero-order valence-corrected chi connectivity index (χ0v) is 31.5. The van der Waals surface area contributed by atoms with Crippen LogP contribution in [-0.4, -0.2) is 57.1 Å². The van der Waals surface area contributed by atoms with Gasteiger partial charge in [-0.05, 0) is 156 Å². The molecule has 4 aliphatic heterocycles. The highest BCUT2D eigenvalue weighted by Gasteiger charge is 2.43. The van der Waals surface area contributed by atoms with Crippen LogP contribution in [0.25, 0.3) is 0 Å². The Kier molecular flexibility index (Phi) is 11.3. The van der Waals surface area contributed by atoms with Crippen molar-refractivity contribution < 1.29 is 14.3 Å². The van der Waals surface area contributed by atoms with E-state index in [2.05, 4.69) is 52.7 Å². The number of fused-ring (bicyclic) bond motifs is 8. The maximum Gasteiger partial charge on any atom is 0.123 e. The first kappa shape index (κ1) is 36.3. The molecule has 4 fully saturated rings. The maximum absolute atomic E-state index is 10.4. The van der Waals surface area contributed by atoms with Gasteiger partial charge in [-0.1, -0.05) is 47.5 Å². The predicted octanol–water partition coefficient (Wildman–Crippen LogP) is 9.23. The average Bonchev–Trinajstić information content (AvgIpc) is 3.95. The number of nitrogens with one attached hydrogen (secondary N) is 1. The normalized spacial score (nSPS) is 31.6. The van der Waals surface area contributed by atoms with E-state index in [9.17, 15) is 4.79 Å². The first-order valence-corrected chi connectivity index (χ1v) is 19.8. The number of aldehydes is 1. The van der Waals surface area contributed by atoms with E-state index in [0.29, 0.717) is 22.7 Å². The van der Waals surface area contributed by atoms with Crippen LogP contribution in [-0.2, 0) is 15.6 Å². The van der Waals surface area contributed by atoms with Crippen molar-refractivity contribution in [3.63, 3.8) is 0 Å². The van der Waals surface area contributed by atoms with Gasteiger partial charge in [0.25, 0.3) is 0 Å². The third kappa shape index (κ3) is 7.42. The van der Waals surface area contributed by atoms with E-state index in [1.54, 1.807) is 0 Å². The number of hydrogen-bond acceptors (Lipinski definition) is 5. The van der Waals surface area contributed by atoms with Gasteiger partial charge in [0.2, 0.25) is 0 Å². The second kappa shape index (κ2) is 15.5. The molecule has 0 amide bonds. The van der Waals surface area contributed by atoms with E-state index >= 15 is 0 Å². The van der Waals surface area contributed by atoms with Gasteiger partial charge >= 0.3 is 0 Å². The fourth-order valence-electron chi connectivity index (χ4n) is 10.6. The molecule has 0 unspecified atom stereocenters. The molecular formula is C42H53Cl3N2O3. The molecule has 2 spiro atoms. The lowest BCUT2D eigenvalue weighted by molar-refractivity contribution is -0.111. The number of allylic oxidation sites excluding steroid dienone is 4. The molecule has 6 atom stereocenters. The molecule has 4 bridgehead atoms. The van der Waals surface area contributed by atoms with Gasteiger partial charge in [0, 0.05) is 44.5 Å². The highest BCUT2D eigenvalue weighted by Crippen LogP contribution is 2.49. The van der Waals surface area contributed by atoms with E-state index in [0.717, 1.165) is 97.1 Å². The lowest BCUT2D eigenvalue weighted by Gasteiger charge is -2.45. The van der Waals surface area contributed by atoms with Crippen LogP contribution < -0.4 is 14.8 Å². The smallest absolute Gasteiger partial charge is 0.123 e. The molecule has 5 nitrogen and oxygen atoms in total. The molecule has 270 valence electrons. The summed E-state index contributed by atoms with van der Waals surface area (Å²) in [6.07, 6.45) is 22.9. The summed E-state index contributed by atoms with van der Waals surface area (Å²) >= 11 is 12.4. The average molecular weight is 740 g/mol. The van der Waals surface area contributed by atoms with E-state index in [4.69, 9.17) is 32.7 Å². The number of nitrogens with zero attached hydrogens (tertiary/aromatic N) is 1. The fraction of sp³-hybridized carbons (Fsp3) is 0.595. The molecule has 2 aromatic rings. The number of benzene rings is 2. The molecule has 2 aromatic carbocycles. The van der Waals surface area contributed by atoms with Gasteiger partial charge in [0.05, 0.1) is 13.2 Å². The van der Waals surface area contributed by atoms with Crippen molar-refractivity contribution >= 4 is 41.9 Å². The van der Waals surface area contributed by atoms with Gasteiger partial charge in [-0.25, -0.2) is 0 Å². The van der Waals surface area contributed by atoms with Gasteiger partial charge in [-0.2, -0.15) is 0 Å². The number of piperidine rings is 2. The third-order valence-electron chi connectivity index (χ3n) is 13.5. The van der Waals surface area contributed by atoms with Crippen LogP contribution in [0.4, 0.5) is 0 Å². The molecule has 8 heteroatoms. The number of carbonyl (C=O) groups excluding carboxylic acids is 1. The summed E-state index contributed by atoms with van der Waals surface area (Å²) in [5, 5.41) is 5.09. The molecule has 50 heavy (non-hydrogen) atoms. The number of ether oxygens (including phenoxy) is 2. The van der Waals surface area contributed by atoms with Crippen molar-refractivity contribution in [2.75, 3.05) is 45.9 Å². The van der Waals surface area contributed by atoms with E-state index in [1.165, 1.54) is 75.7 Å². The Hall–Kier alpha value is -2.02. The second-order valence-electron chi connectivity index (χ2n) is 16.2. The summed E-state index contributed by atoms with van der Waals surface area (Å²) in [5.74, 6) is 6.48. The number of hydrogen-bond donors (Lipinski definition) is 1. The lowest BCUT2D eigenvalue weighted by atomic mass is 9.69. The van der Waals surface area contributed by atoms with Crippen LogP contribution >= 0.6 is 35.6 Å². The zero-order valence-electron chi connectivity index (χ0n) is 29.2. The first-order valence-electron chi connectivity index (χ1n) is 19.0. The minimum Gasteiger partial charge on any atom is -0.493 e. The van der Waals surface area contributed by atoms with Crippen molar-refractivity contribution in [2.24, 2.45) is 35.5 Å². The Morgan fingerprint density at radius 2 is 1.28 bits per heavy atom. The van der Waals surface area contributed by atoms with Crippen LogP contribution in [0.2, 0.25) is 10.0 Å². The Bertz CT molecular complexity index is 1560. The standard InChI is InChI=1S/C21H26ClNO.C13H16ClNO.C8H10O.ClH/c22-18-3-4-20-19(13-18)21(7-10-24-20)5-8-23(9-6-21)14-17-12-15-1-2-16(17)11-15;14-10-1-2-12-11(9-10)13(5-8-16-12)3-6-15-7-4-13;9-5-8-4-6-1-2-7(8)3-6;/h1-4,13,15-17H,5-12,14H2;1-2,9,15H,3-8H2;1-2,5-8H,3-4H2;1H/t15-,16+,17+;;6-,7+,8+;/m1.1./s1.